The van der Waals surface area contributed by atoms with Gasteiger partial charge in [-0.05, 0) is 24.3 Å². The lowest BCUT2D eigenvalue weighted by molar-refractivity contribution is 0.0806. The summed E-state index contributed by atoms with van der Waals surface area (Å²) < 4.78 is 17.1. The minimum absolute atomic E-state index is 0.00861. The Bertz CT molecular complexity index is 1220. The van der Waals surface area contributed by atoms with Gasteiger partial charge in [-0.2, -0.15) is 0 Å². The summed E-state index contributed by atoms with van der Waals surface area (Å²) in [5, 5.41) is 19.4. The second-order valence-electron chi connectivity index (χ2n) is 8.09. The van der Waals surface area contributed by atoms with E-state index in [9.17, 15) is 24.2 Å². The third-order valence-corrected chi connectivity index (χ3v) is 5.96. The molecule has 0 spiro atoms. The van der Waals surface area contributed by atoms with E-state index in [1.54, 1.807) is 23.7 Å². The molecule has 1 fully saturated rings. The number of piperazine rings is 1. The van der Waals surface area contributed by atoms with Crippen LogP contribution in [0.15, 0.2) is 33.9 Å². The van der Waals surface area contributed by atoms with Crippen LogP contribution in [0.25, 0.3) is 11.2 Å². The van der Waals surface area contributed by atoms with Gasteiger partial charge in [0.15, 0.2) is 11.2 Å². The molecule has 1 saturated heterocycles. The molecule has 10 nitrogen and oxygen atoms in total. The lowest BCUT2D eigenvalue weighted by Crippen LogP contribution is -2.46. The van der Waals surface area contributed by atoms with E-state index in [2.05, 4.69) is 14.8 Å². The summed E-state index contributed by atoms with van der Waals surface area (Å²) in [6.07, 6.45) is -1.07. The average Bonchev–Trinajstić information content (AvgIpc) is 3.15. The van der Waals surface area contributed by atoms with Crippen molar-refractivity contribution in [3.63, 3.8) is 0 Å². The zero-order chi connectivity index (χ0) is 23.0. The summed E-state index contributed by atoms with van der Waals surface area (Å²) in [4.78, 5) is 34.1. The molecule has 0 unspecified atom stereocenters. The molecule has 1 aliphatic heterocycles. The normalized spacial score (nSPS) is 16.1. The van der Waals surface area contributed by atoms with Crippen LogP contribution in [-0.2, 0) is 27.2 Å². The van der Waals surface area contributed by atoms with Gasteiger partial charge in [0.1, 0.15) is 11.6 Å². The fourth-order valence-corrected chi connectivity index (χ4v) is 4.09. The van der Waals surface area contributed by atoms with Gasteiger partial charge in [0.2, 0.25) is 0 Å². The van der Waals surface area contributed by atoms with Gasteiger partial charge in [-0.15, -0.1) is 0 Å². The fraction of sp³-hybridized carbons (Fsp3) is 0.476. The molecule has 2 aromatic heterocycles. The molecule has 0 bridgehead atoms. The van der Waals surface area contributed by atoms with Gasteiger partial charge < -0.3 is 19.7 Å². The van der Waals surface area contributed by atoms with Crippen molar-refractivity contribution in [2.75, 3.05) is 37.7 Å². The molecule has 1 aliphatic rings. The fourth-order valence-electron chi connectivity index (χ4n) is 4.09. The predicted octanol–water partition coefficient (Wildman–Crippen LogP) is -0.752. The van der Waals surface area contributed by atoms with Crippen LogP contribution in [0.4, 0.5) is 10.1 Å². The number of aliphatic hydroxyl groups is 2. The molecule has 0 aliphatic carbocycles. The van der Waals surface area contributed by atoms with E-state index in [0.717, 1.165) is 36.4 Å². The van der Waals surface area contributed by atoms with Crippen molar-refractivity contribution in [3.8, 4) is 0 Å². The Morgan fingerprint density at radius 2 is 1.72 bits per heavy atom. The van der Waals surface area contributed by atoms with Crippen molar-refractivity contribution < 1.29 is 14.6 Å². The van der Waals surface area contributed by atoms with Gasteiger partial charge in [-0.25, -0.2) is 14.2 Å². The van der Waals surface area contributed by atoms with Crippen molar-refractivity contribution in [2.24, 2.45) is 14.1 Å². The Morgan fingerprint density at radius 1 is 1.06 bits per heavy atom. The molecule has 172 valence electrons. The Labute approximate surface area is 183 Å². The SMILES string of the molecule is Cn1c(=O)c2c(nc(CN3CCN(c4ccc(F)cc4)CC3)n2C[C@@H](O)CO)n(C)c1=O. The van der Waals surface area contributed by atoms with Crippen LogP contribution in [0, 0.1) is 5.82 Å². The number of aromatic nitrogens is 4. The number of rotatable bonds is 6. The van der Waals surface area contributed by atoms with Crippen LogP contribution in [-0.4, -0.2) is 72.7 Å². The summed E-state index contributed by atoms with van der Waals surface area (Å²) >= 11 is 0. The second kappa shape index (κ2) is 8.85. The monoisotopic (exact) mass is 446 g/mol. The smallest absolute Gasteiger partial charge is 0.332 e. The summed E-state index contributed by atoms with van der Waals surface area (Å²) in [5.41, 5.74) is 0.468. The van der Waals surface area contributed by atoms with E-state index >= 15 is 0 Å². The summed E-state index contributed by atoms with van der Waals surface area (Å²) in [5.74, 6) is 0.276. The van der Waals surface area contributed by atoms with Crippen molar-refractivity contribution in [1.29, 1.82) is 0 Å². The first-order chi connectivity index (χ1) is 15.3. The Balaban J connectivity index is 1.61. The predicted molar refractivity (Wildman–Crippen MR) is 117 cm³/mol. The van der Waals surface area contributed by atoms with Gasteiger partial charge in [0.05, 0.1) is 25.8 Å². The highest BCUT2D eigenvalue weighted by Gasteiger charge is 2.24. The van der Waals surface area contributed by atoms with Gasteiger partial charge in [0, 0.05) is 46.0 Å². The maximum absolute atomic E-state index is 13.2. The van der Waals surface area contributed by atoms with E-state index in [1.807, 2.05) is 0 Å². The van der Waals surface area contributed by atoms with Crippen molar-refractivity contribution in [2.45, 2.75) is 19.2 Å². The number of imidazole rings is 1. The number of hydrogen-bond acceptors (Lipinski definition) is 7. The molecule has 0 amide bonds. The van der Waals surface area contributed by atoms with Crippen LogP contribution >= 0.6 is 0 Å². The molecule has 11 heteroatoms. The van der Waals surface area contributed by atoms with Crippen LogP contribution < -0.4 is 16.1 Å². The third kappa shape index (κ3) is 4.06. The zero-order valence-corrected chi connectivity index (χ0v) is 18.1. The molecular weight excluding hydrogens is 419 g/mol. The number of aliphatic hydroxyl groups excluding tert-OH is 2. The minimum atomic E-state index is -1.07. The highest BCUT2D eigenvalue weighted by molar-refractivity contribution is 5.71. The first kappa shape index (κ1) is 22.2. The number of anilines is 1. The van der Waals surface area contributed by atoms with E-state index < -0.39 is 24.0 Å². The summed E-state index contributed by atoms with van der Waals surface area (Å²) in [7, 11) is 2.95. The van der Waals surface area contributed by atoms with Gasteiger partial charge >= 0.3 is 5.69 Å². The van der Waals surface area contributed by atoms with Crippen molar-refractivity contribution in [3.05, 3.63) is 56.7 Å². The molecule has 2 N–H and O–H groups in total. The molecule has 3 aromatic rings. The highest BCUT2D eigenvalue weighted by Crippen LogP contribution is 2.19. The van der Waals surface area contributed by atoms with Crippen LogP contribution in [0.1, 0.15) is 5.82 Å². The summed E-state index contributed by atoms with van der Waals surface area (Å²) in [6.45, 7) is 2.88. The topological polar surface area (TPSA) is 109 Å². The lowest BCUT2D eigenvalue weighted by atomic mass is 10.2. The number of fused-ring (bicyclic) bond motifs is 1. The number of hydrogen-bond donors (Lipinski definition) is 2. The molecule has 0 saturated carbocycles. The van der Waals surface area contributed by atoms with Gasteiger partial charge in [0.25, 0.3) is 5.56 Å². The molecule has 4 rings (SSSR count). The molecule has 1 atom stereocenters. The van der Waals surface area contributed by atoms with Crippen molar-refractivity contribution >= 4 is 16.9 Å². The largest absolute Gasteiger partial charge is 0.394 e. The Morgan fingerprint density at radius 3 is 2.34 bits per heavy atom. The maximum Gasteiger partial charge on any atom is 0.332 e. The zero-order valence-electron chi connectivity index (χ0n) is 18.1. The van der Waals surface area contributed by atoms with Gasteiger partial charge in [-0.3, -0.25) is 18.8 Å². The number of nitrogens with zero attached hydrogens (tertiary/aromatic N) is 6. The quantitative estimate of drug-likeness (QED) is 0.513. The number of halogens is 1. The van der Waals surface area contributed by atoms with Crippen LogP contribution in [0.2, 0.25) is 0 Å². The van der Waals surface area contributed by atoms with Crippen LogP contribution in [0.5, 0.6) is 0 Å². The number of aryl methyl sites for hydroxylation is 1. The van der Waals surface area contributed by atoms with E-state index in [-0.39, 0.29) is 23.5 Å². The Hall–Kier alpha value is -3.02. The number of benzene rings is 1. The molecule has 0 radical (unpaired) electrons. The maximum atomic E-state index is 13.2. The third-order valence-electron chi connectivity index (χ3n) is 5.96. The van der Waals surface area contributed by atoms with E-state index in [0.29, 0.717) is 12.4 Å². The Kier molecular flexibility index (Phi) is 6.13. The lowest BCUT2D eigenvalue weighted by Gasteiger charge is -2.36. The highest BCUT2D eigenvalue weighted by atomic mass is 19.1. The minimum Gasteiger partial charge on any atom is -0.394 e. The molecule has 3 heterocycles. The van der Waals surface area contributed by atoms with E-state index in [4.69, 9.17) is 0 Å². The molecule has 32 heavy (non-hydrogen) atoms. The first-order valence-electron chi connectivity index (χ1n) is 10.5. The second-order valence-corrected chi connectivity index (χ2v) is 8.09. The first-order valence-corrected chi connectivity index (χ1v) is 10.5. The van der Waals surface area contributed by atoms with Gasteiger partial charge in [-0.1, -0.05) is 0 Å². The molecule has 1 aromatic carbocycles. The average molecular weight is 446 g/mol. The standard InChI is InChI=1S/C21H27FN6O4/c1-24-19-18(20(31)25(2)21(24)32)28(11-16(30)13-29)17(23-19)12-26-7-9-27(10-8-26)15-5-3-14(22)4-6-15/h3-6,16,29-30H,7-13H2,1-2H3/t16-/m1/s1. The van der Waals surface area contributed by atoms with Crippen LogP contribution in [0.3, 0.4) is 0 Å². The van der Waals surface area contributed by atoms with Crippen molar-refractivity contribution in [1.82, 2.24) is 23.6 Å². The van der Waals surface area contributed by atoms with E-state index in [1.165, 1.54) is 23.7 Å². The molecular formula is C21H27FN6O4. The summed E-state index contributed by atoms with van der Waals surface area (Å²) in [6, 6.07) is 6.41.